The third-order valence-electron chi connectivity index (χ3n) is 4.47. The molecule has 0 spiro atoms. The molecule has 1 aliphatic heterocycles. The number of carbonyl (C=O) groups is 1. The second kappa shape index (κ2) is 6.02. The van der Waals surface area contributed by atoms with Gasteiger partial charge >= 0.3 is 0 Å². The maximum atomic E-state index is 12.8. The van der Waals surface area contributed by atoms with Crippen LogP contribution < -0.4 is 10.1 Å². The summed E-state index contributed by atoms with van der Waals surface area (Å²) in [6, 6.07) is 15.2. The van der Waals surface area contributed by atoms with Gasteiger partial charge < -0.3 is 10.1 Å². The van der Waals surface area contributed by atoms with Crippen molar-refractivity contribution >= 4 is 11.6 Å². The number of carbonyl (C=O) groups excluding carboxylic acids is 1. The molecule has 5 heteroatoms. The van der Waals surface area contributed by atoms with E-state index in [1.54, 1.807) is 12.4 Å². The van der Waals surface area contributed by atoms with Crippen molar-refractivity contribution in [1.29, 1.82) is 0 Å². The van der Waals surface area contributed by atoms with Crippen molar-refractivity contribution in [3.8, 4) is 11.5 Å². The van der Waals surface area contributed by atoms with E-state index in [-0.39, 0.29) is 5.91 Å². The minimum absolute atomic E-state index is 0.0459. The van der Waals surface area contributed by atoms with Crippen molar-refractivity contribution in [2.24, 2.45) is 0 Å². The fourth-order valence-corrected chi connectivity index (χ4v) is 3.28. The van der Waals surface area contributed by atoms with Crippen LogP contribution in [0.25, 0.3) is 0 Å². The van der Waals surface area contributed by atoms with Crippen LogP contribution in [0, 0.1) is 0 Å². The summed E-state index contributed by atoms with van der Waals surface area (Å²) in [6.07, 6.45) is 5.47. The Hall–Kier alpha value is -3.21. The maximum Gasteiger partial charge on any atom is 0.235 e. The Labute approximate surface area is 145 Å². The van der Waals surface area contributed by atoms with Crippen LogP contribution in [0.2, 0.25) is 0 Å². The van der Waals surface area contributed by atoms with Gasteiger partial charge in [-0.1, -0.05) is 24.3 Å². The first-order valence-corrected chi connectivity index (χ1v) is 8.08. The van der Waals surface area contributed by atoms with E-state index in [4.69, 9.17) is 4.74 Å². The highest BCUT2D eigenvalue weighted by atomic mass is 16.5. The normalized spacial score (nSPS) is 18.5. The van der Waals surface area contributed by atoms with Crippen LogP contribution in [0.4, 0.5) is 5.69 Å². The molecular formula is C20H17N3O2. The Morgan fingerprint density at radius 1 is 1.04 bits per heavy atom. The number of nitrogens with one attached hydrogen (secondary N) is 1. The Balaban J connectivity index is 1.76. The van der Waals surface area contributed by atoms with Crippen LogP contribution in [-0.2, 0) is 16.6 Å². The molecule has 4 rings (SSSR count). The van der Waals surface area contributed by atoms with E-state index < -0.39 is 5.41 Å². The van der Waals surface area contributed by atoms with Gasteiger partial charge in [0, 0.05) is 23.6 Å². The summed E-state index contributed by atoms with van der Waals surface area (Å²) in [5.74, 6) is 1.37. The summed E-state index contributed by atoms with van der Waals surface area (Å²) in [5.41, 5.74) is 1.82. The van der Waals surface area contributed by atoms with Crippen LogP contribution in [0.15, 0.2) is 67.3 Å². The zero-order valence-electron chi connectivity index (χ0n) is 13.8. The van der Waals surface area contributed by atoms with Gasteiger partial charge in [-0.2, -0.15) is 0 Å². The molecule has 124 valence electrons. The Kier molecular flexibility index (Phi) is 3.69. The van der Waals surface area contributed by atoms with E-state index in [0.29, 0.717) is 12.2 Å². The minimum Gasteiger partial charge on any atom is -0.457 e. The predicted molar refractivity (Wildman–Crippen MR) is 94.7 cm³/mol. The zero-order chi connectivity index (χ0) is 17.3. The van der Waals surface area contributed by atoms with E-state index >= 15 is 0 Å². The lowest BCUT2D eigenvalue weighted by molar-refractivity contribution is -0.120. The van der Waals surface area contributed by atoms with E-state index in [9.17, 15) is 4.79 Å². The zero-order valence-corrected chi connectivity index (χ0v) is 13.8. The maximum absolute atomic E-state index is 12.8. The first kappa shape index (κ1) is 15.3. The second-order valence-electron chi connectivity index (χ2n) is 6.30. The topological polar surface area (TPSA) is 64.1 Å². The molecule has 0 saturated heterocycles. The lowest BCUT2D eigenvalue weighted by Crippen LogP contribution is -2.33. The van der Waals surface area contributed by atoms with Crippen LogP contribution in [-0.4, -0.2) is 15.9 Å². The smallest absolute Gasteiger partial charge is 0.235 e. The SMILES string of the molecule is CC1(Cc2cncnc2)C(=O)Nc2cccc(Oc3ccccc3)c21. The first-order chi connectivity index (χ1) is 12.2. The summed E-state index contributed by atoms with van der Waals surface area (Å²) in [4.78, 5) is 20.9. The minimum atomic E-state index is -0.745. The van der Waals surface area contributed by atoms with Crippen molar-refractivity contribution in [2.45, 2.75) is 18.8 Å². The average Bonchev–Trinajstić information content (AvgIpc) is 2.88. The molecule has 1 atom stereocenters. The fraction of sp³-hybridized carbons (Fsp3) is 0.150. The van der Waals surface area contributed by atoms with Gasteiger partial charge in [0.15, 0.2) is 0 Å². The predicted octanol–water partition coefficient (Wildman–Crippen LogP) is 3.72. The van der Waals surface area contributed by atoms with Gasteiger partial charge in [-0.25, -0.2) is 9.97 Å². The Morgan fingerprint density at radius 2 is 1.80 bits per heavy atom. The molecule has 1 aromatic heterocycles. The summed E-state index contributed by atoms with van der Waals surface area (Å²) >= 11 is 0. The van der Waals surface area contributed by atoms with Crippen molar-refractivity contribution in [3.63, 3.8) is 0 Å². The van der Waals surface area contributed by atoms with Crippen LogP contribution >= 0.6 is 0 Å². The molecule has 1 unspecified atom stereocenters. The number of aromatic nitrogens is 2. The molecule has 0 fully saturated rings. The van der Waals surface area contributed by atoms with Gasteiger partial charge in [0.05, 0.1) is 5.41 Å². The summed E-state index contributed by atoms with van der Waals surface area (Å²) in [7, 11) is 0. The number of hydrogen-bond acceptors (Lipinski definition) is 4. The molecule has 25 heavy (non-hydrogen) atoms. The van der Waals surface area contributed by atoms with Crippen LogP contribution in [0.1, 0.15) is 18.1 Å². The average molecular weight is 331 g/mol. The number of nitrogens with zero attached hydrogens (tertiary/aromatic N) is 2. The third-order valence-corrected chi connectivity index (χ3v) is 4.47. The summed E-state index contributed by atoms with van der Waals surface area (Å²) in [6.45, 7) is 1.93. The van der Waals surface area contributed by atoms with Gasteiger partial charge in [-0.3, -0.25) is 4.79 Å². The van der Waals surface area contributed by atoms with Gasteiger partial charge in [-0.05, 0) is 43.2 Å². The van der Waals surface area contributed by atoms with Crippen molar-refractivity contribution in [2.75, 3.05) is 5.32 Å². The molecule has 0 aliphatic carbocycles. The van der Waals surface area contributed by atoms with Gasteiger partial charge in [-0.15, -0.1) is 0 Å². The number of anilines is 1. The molecule has 2 aromatic carbocycles. The van der Waals surface area contributed by atoms with E-state index in [2.05, 4.69) is 15.3 Å². The number of ether oxygens (including phenoxy) is 1. The largest absolute Gasteiger partial charge is 0.457 e. The second-order valence-corrected chi connectivity index (χ2v) is 6.30. The number of benzene rings is 2. The summed E-state index contributed by atoms with van der Waals surface area (Å²) in [5, 5.41) is 2.97. The van der Waals surface area contributed by atoms with E-state index in [0.717, 1.165) is 22.6 Å². The Morgan fingerprint density at radius 3 is 2.56 bits per heavy atom. The number of para-hydroxylation sites is 1. The molecule has 2 heterocycles. The van der Waals surface area contributed by atoms with Crippen molar-refractivity contribution in [1.82, 2.24) is 9.97 Å². The quantitative estimate of drug-likeness (QED) is 0.791. The highest BCUT2D eigenvalue weighted by molar-refractivity contribution is 6.07. The first-order valence-electron chi connectivity index (χ1n) is 8.08. The van der Waals surface area contributed by atoms with Gasteiger partial charge in [0.1, 0.15) is 17.8 Å². The molecular weight excluding hydrogens is 314 g/mol. The van der Waals surface area contributed by atoms with Crippen molar-refractivity contribution in [3.05, 3.63) is 78.4 Å². The standard InChI is InChI=1S/C20H17N3O2/c1-20(10-14-11-21-13-22-12-14)18-16(23-19(20)24)8-5-9-17(18)25-15-6-3-2-4-7-15/h2-9,11-13H,10H2,1H3,(H,23,24). The molecule has 1 aliphatic rings. The lowest BCUT2D eigenvalue weighted by atomic mass is 9.78. The van der Waals surface area contributed by atoms with E-state index in [1.165, 1.54) is 6.33 Å². The molecule has 0 radical (unpaired) electrons. The number of amides is 1. The highest BCUT2D eigenvalue weighted by Gasteiger charge is 2.45. The van der Waals surface area contributed by atoms with Gasteiger partial charge in [0.25, 0.3) is 0 Å². The van der Waals surface area contributed by atoms with Gasteiger partial charge in [0.2, 0.25) is 5.91 Å². The Bertz CT molecular complexity index is 913. The molecule has 3 aromatic rings. The lowest BCUT2D eigenvalue weighted by Gasteiger charge is -2.24. The highest BCUT2D eigenvalue weighted by Crippen LogP contribution is 2.46. The van der Waals surface area contributed by atoms with Crippen LogP contribution in [0.3, 0.4) is 0 Å². The molecule has 0 saturated carbocycles. The fourth-order valence-electron chi connectivity index (χ4n) is 3.28. The van der Waals surface area contributed by atoms with Crippen LogP contribution in [0.5, 0.6) is 11.5 Å². The molecule has 1 amide bonds. The number of rotatable bonds is 4. The summed E-state index contributed by atoms with van der Waals surface area (Å²) < 4.78 is 6.08. The molecule has 0 bridgehead atoms. The molecule has 5 nitrogen and oxygen atoms in total. The van der Waals surface area contributed by atoms with Crippen molar-refractivity contribution < 1.29 is 9.53 Å². The molecule has 1 N–H and O–H groups in total. The number of hydrogen-bond donors (Lipinski definition) is 1. The third kappa shape index (κ3) is 2.74. The van der Waals surface area contributed by atoms with E-state index in [1.807, 2.05) is 55.5 Å². The monoisotopic (exact) mass is 331 g/mol. The number of fused-ring (bicyclic) bond motifs is 1.